The van der Waals surface area contributed by atoms with Crippen LogP contribution in [0.4, 0.5) is 0 Å². The Morgan fingerprint density at radius 2 is 1.97 bits per heavy atom. The van der Waals surface area contributed by atoms with Crippen LogP contribution >= 0.6 is 23.5 Å². The smallest absolute Gasteiger partial charge is 0.268 e. The van der Waals surface area contributed by atoms with E-state index in [0.29, 0.717) is 28.6 Å². The Morgan fingerprint density at radius 3 is 2.67 bits per heavy atom. The van der Waals surface area contributed by atoms with E-state index < -0.39 is 0 Å². The monoisotopic (exact) mass is 443 g/mol. The van der Waals surface area contributed by atoms with Crippen LogP contribution in [-0.4, -0.2) is 44.5 Å². The molecule has 0 bridgehead atoms. The Balaban J connectivity index is 1.33. The molecule has 0 radical (unpaired) electrons. The first kappa shape index (κ1) is 21.5. The van der Waals surface area contributed by atoms with Crippen molar-refractivity contribution in [2.45, 2.75) is 61.4 Å². The fraction of sp³-hybridized carbons (Fsp3) is 0.522. The first-order valence-corrected chi connectivity index (χ1v) is 12.7. The SMILES string of the molecule is CCn1c(SCC(=O)N2CCC(Cc3ccccc3)CC2)nc2c(c1=O)S[C@@H](C)C2. The molecule has 0 saturated carbocycles. The van der Waals surface area contributed by atoms with Crippen molar-refractivity contribution in [3.8, 4) is 0 Å². The van der Waals surface area contributed by atoms with E-state index in [1.807, 2.05) is 11.8 Å². The number of hydrogen-bond acceptors (Lipinski definition) is 5. The highest BCUT2D eigenvalue weighted by Crippen LogP contribution is 2.34. The summed E-state index contributed by atoms with van der Waals surface area (Å²) in [5.41, 5.74) is 2.33. The first-order valence-electron chi connectivity index (χ1n) is 10.8. The summed E-state index contributed by atoms with van der Waals surface area (Å²) in [4.78, 5) is 33.1. The van der Waals surface area contributed by atoms with Crippen molar-refractivity contribution in [1.29, 1.82) is 0 Å². The minimum atomic E-state index is 0.0496. The topological polar surface area (TPSA) is 55.2 Å². The highest BCUT2D eigenvalue weighted by molar-refractivity contribution is 8.00. The highest BCUT2D eigenvalue weighted by atomic mass is 32.2. The van der Waals surface area contributed by atoms with Gasteiger partial charge in [-0.2, -0.15) is 0 Å². The molecule has 1 atom stereocenters. The molecular weight excluding hydrogens is 414 g/mol. The lowest BCUT2D eigenvalue weighted by Crippen LogP contribution is -2.40. The molecule has 1 saturated heterocycles. The Morgan fingerprint density at radius 1 is 1.23 bits per heavy atom. The van der Waals surface area contributed by atoms with Crippen LogP contribution in [-0.2, 0) is 24.2 Å². The predicted octanol–water partition coefficient (Wildman–Crippen LogP) is 3.87. The Kier molecular flexibility index (Phi) is 6.88. The van der Waals surface area contributed by atoms with Gasteiger partial charge < -0.3 is 4.90 Å². The van der Waals surface area contributed by atoms with E-state index in [2.05, 4.69) is 37.3 Å². The zero-order chi connectivity index (χ0) is 21.1. The second-order valence-electron chi connectivity index (χ2n) is 8.15. The average molecular weight is 444 g/mol. The summed E-state index contributed by atoms with van der Waals surface area (Å²) in [6, 6.07) is 10.6. The number of nitrogens with zero attached hydrogens (tertiary/aromatic N) is 3. The number of amides is 1. The Bertz CT molecular complexity index is 953. The summed E-state index contributed by atoms with van der Waals surface area (Å²) in [6.07, 6.45) is 4.03. The van der Waals surface area contributed by atoms with Crippen molar-refractivity contribution in [1.82, 2.24) is 14.5 Å². The summed E-state index contributed by atoms with van der Waals surface area (Å²) in [5, 5.41) is 1.08. The molecule has 5 nitrogen and oxygen atoms in total. The third-order valence-electron chi connectivity index (χ3n) is 5.94. The lowest BCUT2D eigenvalue weighted by molar-refractivity contribution is -0.129. The lowest BCUT2D eigenvalue weighted by atomic mass is 9.90. The summed E-state index contributed by atoms with van der Waals surface area (Å²) >= 11 is 3.03. The van der Waals surface area contributed by atoms with Crippen LogP contribution in [0.2, 0.25) is 0 Å². The van der Waals surface area contributed by atoms with Gasteiger partial charge in [0.2, 0.25) is 5.91 Å². The Hall–Kier alpha value is -1.73. The molecule has 2 aliphatic rings. The van der Waals surface area contributed by atoms with Gasteiger partial charge in [0.25, 0.3) is 5.56 Å². The number of carbonyl (C=O) groups excluding carboxylic acids is 1. The van der Waals surface area contributed by atoms with E-state index in [4.69, 9.17) is 4.98 Å². The molecule has 1 aromatic heterocycles. The number of hydrogen-bond donors (Lipinski definition) is 0. The van der Waals surface area contributed by atoms with Gasteiger partial charge in [-0.25, -0.2) is 4.98 Å². The van der Waals surface area contributed by atoms with Crippen LogP contribution in [0.15, 0.2) is 45.2 Å². The summed E-state index contributed by atoms with van der Waals surface area (Å²) in [5.74, 6) is 1.14. The molecule has 2 aliphatic heterocycles. The van der Waals surface area contributed by atoms with Crippen molar-refractivity contribution in [2.24, 2.45) is 5.92 Å². The maximum Gasteiger partial charge on any atom is 0.268 e. The third-order valence-corrected chi connectivity index (χ3v) is 8.11. The van der Waals surface area contributed by atoms with Gasteiger partial charge in [0.1, 0.15) is 0 Å². The number of piperidine rings is 1. The molecule has 4 rings (SSSR count). The Labute approximate surface area is 186 Å². The quantitative estimate of drug-likeness (QED) is 0.501. The normalized spacial score (nSPS) is 19.1. The van der Waals surface area contributed by atoms with Crippen LogP contribution in [0.25, 0.3) is 0 Å². The van der Waals surface area contributed by atoms with E-state index in [1.165, 1.54) is 17.3 Å². The molecular formula is C23H29N3O2S2. The number of aromatic nitrogens is 2. The summed E-state index contributed by atoms with van der Waals surface area (Å²) in [7, 11) is 0. The predicted molar refractivity (Wildman–Crippen MR) is 123 cm³/mol. The van der Waals surface area contributed by atoms with Gasteiger partial charge in [0, 0.05) is 31.3 Å². The molecule has 2 aromatic rings. The third kappa shape index (κ3) is 4.78. The average Bonchev–Trinajstić information content (AvgIpc) is 3.14. The zero-order valence-electron chi connectivity index (χ0n) is 17.7. The fourth-order valence-electron chi connectivity index (χ4n) is 4.27. The maximum atomic E-state index is 12.8. The molecule has 1 fully saturated rings. The maximum absolute atomic E-state index is 12.8. The van der Waals surface area contributed by atoms with Crippen molar-refractivity contribution in [2.75, 3.05) is 18.8 Å². The van der Waals surface area contributed by atoms with E-state index in [9.17, 15) is 9.59 Å². The van der Waals surface area contributed by atoms with Crippen molar-refractivity contribution < 1.29 is 4.79 Å². The van der Waals surface area contributed by atoms with Crippen LogP contribution in [0.5, 0.6) is 0 Å². The van der Waals surface area contributed by atoms with Gasteiger partial charge in [0.05, 0.1) is 16.3 Å². The minimum absolute atomic E-state index is 0.0496. The second-order valence-corrected chi connectivity index (χ2v) is 10.5. The standard InChI is InChI=1S/C23H29N3O2S2/c1-3-26-22(28)21-19(13-16(2)30-21)24-23(26)29-15-20(27)25-11-9-18(10-12-25)14-17-7-5-4-6-8-17/h4-8,16,18H,3,9-15H2,1-2H3/t16-/m0/s1. The molecule has 7 heteroatoms. The molecule has 0 aliphatic carbocycles. The number of thioether (sulfide) groups is 2. The molecule has 0 spiro atoms. The molecule has 0 N–H and O–H groups in total. The highest BCUT2D eigenvalue weighted by Gasteiger charge is 2.27. The lowest BCUT2D eigenvalue weighted by Gasteiger charge is -2.32. The molecule has 1 amide bonds. The van der Waals surface area contributed by atoms with Crippen LogP contribution in [0.1, 0.15) is 37.9 Å². The van der Waals surface area contributed by atoms with Gasteiger partial charge in [0.15, 0.2) is 5.16 Å². The number of rotatable bonds is 6. The number of carbonyl (C=O) groups is 1. The number of fused-ring (bicyclic) bond motifs is 1. The minimum Gasteiger partial charge on any atom is -0.342 e. The molecule has 160 valence electrons. The molecule has 1 aromatic carbocycles. The zero-order valence-corrected chi connectivity index (χ0v) is 19.3. The first-order chi connectivity index (χ1) is 14.5. The molecule has 0 unspecified atom stereocenters. The second kappa shape index (κ2) is 9.60. The van der Waals surface area contributed by atoms with E-state index in [1.54, 1.807) is 16.3 Å². The molecule has 30 heavy (non-hydrogen) atoms. The largest absolute Gasteiger partial charge is 0.342 e. The van der Waals surface area contributed by atoms with Crippen LogP contribution in [0.3, 0.4) is 0 Å². The number of likely N-dealkylation sites (tertiary alicyclic amines) is 1. The summed E-state index contributed by atoms with van der Waals surface area (Å²) in [6.45, 7) is 6.31. The van der Waals surface area contributed by atoms with E-state index >= 15 is 0 Å². The van der Waals surface area contributed by atoms with Gasteiger partial charge in [-0.1, -0.05) is 49.0 Å². The van der Waals surface area contributed by atoms with Crippen molar-refractivity contribution >= 4 is 29.4 Å². The van der Waals surface area contributed by atoms with E-state index in [-0.39, 0.29) is 11.5 Å². The van der Waals surface area contributed by atoms with Gasteiger partial charge >= 0.3 is 0 Å². The van der Waals surface area contributed by atoms with Crippen molar-refractivity contribution in [3.05, 3.63) is 51.9 Å². The van der Waals surface area contributed by atoms with Gasteiger partial charge in [-0.3, -0.25) is 14.2 Å². The number of benzene rings is 1. The van der Waals surface area contributed by atoms with Crippen molar-refractivity contribution in [3.63, 3.8) is 0 Å². The van der Waals surface area contributed by atoms with Gasteiger partial charge in [-0.15, -0.1) is 11.8 Å². The summed E-state index contributed by atoms with van der Waals surface area (Å²) < 4.78 is 1.72. The van der Waals surface area contributed by atoms with Gasteiger partial charge in [-0.05, 0) is 37.7 Å². The fourth-order valence-corrected chi connectivity index (χ4v) is 6.37. The van der Waals surface area contributed by atoms with Crippen LogP contribution < -0.4 is 5.56 Å². The van der Waals surface area contributed by atoms with E-state index in [0.717, 1.165) is 49.4 Å². The van der Waals surface area contributed by atoms with Crippen LogP contribution in [0, 0.1) is 5.92 Å². The molecule has 3 heterocycles.